The number of fused-ring (bicyclic) bond motifs is 1. The standard InChI is InChI=1S/C13H19NO/c1-10-6-7-12-11(9-10)13(15-3)5-4-8-14(12)2/h6-7,9,13H,4-5,8H2,1-3H3. The molecule has 0 radical (unpaired) electrons. The number of nitrogens with zero attached hydrogens (tertiary/aromatic N) is 1. The van der Waals surface area contributed by atoms with Gasteiger partial charge in [0, 0.05) is 32.0 Å². The summed E-state index contributed by atoms with van der Waals surface area (Å²) in [6, 6.07) is 6.64. The quantitative estimate of drug-likeness (QED) is 0.699. The molecule has 2 rings (SSSR count). The molecule has 0 fully saturated rings. The maximum absolute atomic E-state index is 5.57. The van der Waals surface area contributed by atoms with Crippen molar-refractivity contribution in [1.82, 2.24) is 0 Å². The van der Waals surface area contributed by atoms with E-state index >= 15 is 0 Å². The van der Waals surface area contributed by atoms with Crippen molar-refractivity contribution in [2.75, 3.05) is 25.6 Å². The Hall–Kier alpha value is -1.02. The summed E-state index contributed by atoms with van der Waals surface area (Å²) in [5.74, 6) is 0. The van der Waals surface area contributed by atoms with Crippen LogP contribution in [0.15, 0.2) is 18.2 Å². The Balaban J connectivity index is 2.46. The second-order valence-electron chi connectivity index (χ2n) is 4.35. The molecule has 0 N–H and O–H groups in total. The summed E-state index contributed by atoms with van der Waals surface area (Å²) in [5, 5.41) is 0. The highest BCUT2D eigenvalue weighted by atomic mass is 16.5. The zero-order valence-electron chi connectivity index (χ0n) is 9.79. The van der Waals surface area contributed by atoms with Crippen molar-refractivity contribution in [2.24, 2.45) is 0 Å². The molecular weight excluding hydrogens is 186 g/mol. The lowest BCUT2D eigenvalue weighted by molar-refractivity contribution is 0.0965. The molecule has 0 aliphatic carbocycles. The summed E-state index contributed by atoms with van der Waals surface area (Å²) in [6.07, 6.45) is 2.59. The number of hydrogen-bond acceptors (Lipinski definition) is 2. The largest absolute Gasteiger partial charge is 0.377 e. The first-order chi connectivity index (χ1) is 7.22. The molecule has 1 aromatic rings. The average Bonchev–Trinajstić information content (AvgIpc) is 2.38. The van der Waals surface area contributed by atoms with Crippen molar-refractivity contribution in [1.29, 1.82) is 0 Å². The van der Waals surface area contributed by atoms with Crippen molar-refractivity contribution in [2.45, 2.75) is 25.9 Å². The fraction of sp³-hybridized carbons (Fsp3) is 0.538. The van der Waals surface area contributed by atoms with Crippen LogP contribution in [0.4, 0.5) is 5.69 Å². The zero-order valence-corrected chi connectivity index (χ0v) is 9.79. The van der Waals surface area contributed by atoms with Gasteiger partial charge in [-0.3, -0.25) is 0 Å². The van der Waals surface area contributed by atoms with Gasteiger partial charge in [0.15, 0.2) is 0 Å². The Bertz CT molecular complexity index is 348. The van der Waals surface area contributed by atoms with Gasteiger partial charge in [-0.1, -0.05) is 17.7 Å². The predicted molar refractivity (Wildman–Crippen MR) is 63.4 cm³/mol. The molecule has 0 saturated heterocycles. The lowest BCUT2D eigenvalue weighted by Crippen LogP contribution is -2.17. The lowest BCUT2D eigenvalue weighted by atomic mass is 10.0. The third-order valence-electron chi connectivity index (χ3n) is 3.19. The van der Waals surface area contributed by atoms with Gasteiger partial charge in [-0.2, -0.15) is 0 Å². The highest BCUT2D eigenvalue weighted by Gasteiger charge is 2.20. The van der Waals surface area contributed by atoms with E-state index < -0.39 is 0 Å². The number of hydrogen-bond donors (Lipinski definition) is 0. The summed E-state index contributed by atoms with van der Waals surface area (Å²) in [7, 11) is 3.97. The van der Waals surface area contributed by atoms with Crippen LogP contribution in [0.2, 0.25) is 0 Å². The van der Waals surface area contributed by atoms with E-state index in [1.54, 1.807) is 0 Å². The van der Waals surface area contributed by atoms with Gasteiger partial charge in [0.25, 0.3) is 0 Å². The number of anilines is 1. The molecule has 82 valence electrons. The topological polar surface area (TPSA) is 12.5 Å². The number of aryl methyl sites for hydroxylation is 1. The molecule has 0 bridgehead atoms. The third-order valence-corrected chi connectivity index (χ3v) is 3.19. The van der Waals surface area contributed by atoms with E-state index in [4.69, 9.17) is 4.74 Å². The van der Waals surface area contributed by atoms with E-state index in [0.717, 1.165) is 13.0 Å². The maximum Gasteiger partial charge on any atom is 0.0841 e. The first-order valence-corrected chi connectivity index (χ1v) is 5.57. The Morgan fingerprint density at radius 1 is 1.40 bits per heavy atom. The van der Waals surface area contributed by atoms with Crippen LogP contribution in [0.1, 0.15) is 30.1 Å². The molecule has 1 heterocycles. The van der Waals surface area contributed by atoms with E-state index in [0.29, 0.717) is 0 Å². The third kappa shape index (κ3) is 2.00. The summed E-state index contributed by atoms with van der Waals surface area (Å²) in [6.45, 7) is 3.26. The predicted octanol–water partition coefficient (Wildman–Crippen LogP) is 2.91. The molecular formula is C13H19NO. The van der Waals surface area contributed by atoms with Gasteiger partial charge in [0.1, 0.15) is 0 Å². The fourth-order valence-corrected chi connectivity index (χ4v) is 2.31. The average molecular weight is 205 g/mol. The normalized spacial score (nSPS) is 21.0. The van der Waals surface area contributed by atoms with E-state index in [1.807, 2.05) is 7.11 Å². The number of rotatable bonds is 1. The van der Waals surface area contributed by atoms with Crippen molar-refractivity contribution in [3.8, 4) is 0 Å². The Morgan fingerprint density at radius 3 is 2.93 bits per heavy atom. The van der Waals surface area contributed by atoms with Gasteiger partial charge >= 0.3 is 0 Å². The van der Waals surface area contributed by atoms with E-state index in [9.17, 15) is 0 Å². The molecule has 0 aromatic heterocycles. The molecule has 2 nitrogen and oxygen atoms in total. The van der Waals surface area contributed by atoms with Crippen molar-refractivity contribution in [3.63, 3.8) is 0 Å². The van der Waals surface area contributed by atoms with Gasteiger partial charge in [-0.25, -0.2) is 0 Å². The SMILES string of the molecule is COC1CCCN(C)c2ccc(C)cc21. The molecule has 15 heavy (non-hydrogen) atoms. The van der Waals surface area contributed by atoms with Crippen molar-refractivity contribution < 1.29 is 4.74 Å². The van der Waals surface area contributed by atoms with Gasteiger partial charge in [-0.05, 0) is 25.8 Å². The Labute approximate surface area is 91.9 Å². The second kappa shape index (κ2) is 4.23. The van der Waals surface area contributed by atoms with Crippen molar-refractivity contribution in [3.05, 3.63) is 29.3 Å². The van der Waals surface area contributed by atoms with Crippen LogP contribution in [0.5, 0.6) is 0 Å². The highest BCUT2D eigenvalue weighted by molar-refractivity contribution is 5.56. The van der Waals surface area contributed by atoms with Gasteiger partial charge in [0.05, 0.1) is 6.10 Å². The molecule has 1 atom stereocenters. The molecule has 1 unspecified atom stereocenters. The maximum atomic E-state index is 5.57. The van der Waals surface area contributed by atoms with Crippen molar-refractivity contribution >= 4 is 5.69 Å². The van der Waals surface area contributed by atoms with Crippen LogP contribution in [0.3, 0.4) is 0 Å². The summed E-state index contributed by atoms with van der Waals surface area (Å²) >= 11 is 0. The van der Waals surface area contributed by atoms with Crippen LogP contribution < -0.4 is 4.90 Å². The minimum atomic E-state index is 0.268. The van der Waals surface area contributed by atoms with E-state index in [-0.39, 0.29) is 6.10 Å². The van der Waals surface area contributed by atoms with Crippen LogP contribution in [0, 0.1) is 6.92 Å². The summed E-state index contributed by atoms with van der Waals surface area (Å²) in [4.78, 5) is 2.33. The Morgan fingerprint density at radius 2 is 2.20 bits per heavy atom. The van der Waals surface area contributed by atoms with Gasteiger partial charge in [0.2, 0.25) is 0 Å². The second-order valence-corrected chi connectivity index (χ2v) is 4.35. The van der Waals surface area contributed by atoms with E-state index in [2.05, 4.69) is 37.1 Å². The first kappa shape index (κ1) is 10.5. The van der Waals surface area contributed by atoms with Crippen LogP contribution in [0.25, 0.3) is 0 Å². The highest BCUT2D eigenvalue weighted by Crippen LogP contribution is 2.34. The van der Waals surface area contributed by atoms with Gasteiger partial charge < -0.3 is 9.64 Å². The van der Waals surface area contributed by atoms with Crippen LogP contribution in [-0.2, 0) is 4.74 Å². The monoisotopic (exact) mass is 205 g/mol. The fourth-order valence-electron chi connectivity index (χ4n) is 2.31. The minimum Gasteiger partial charge on any atom is -0.377 e. The first-order valence-electron chi connectivity index (χ1n) is 5.57. The summed E-state index contributed by atoms with van der Waals surface area (Å²) < 4.78 is 5.57. The number of benzene rings is 1. The molecule has 1 aromatic carbocycles. The lowest BCUT2D eigenvalue weighted by Gasteiger charge is -2.21. The van der Waals surface area contributed by atoms with Crippen LogP contribution >= 0.6 is 0 Å². The molecule has 0 spiro atoms. The van der Waals surface area contributed by atoms with Crippen LogP contribution in [-0.4, -0.2) is 20.7 Å². The Kier molecular flexibility index (Phi) is 2.96. The molecule has 0 amide bonds. The number of ether oxygens (including phenoxy) is 1. The molecule has 1 aliphatic heterocycles. The molecule has 2 heteroatoms. The number of methoxy groups -OCH3 is 1. The zero-order chi connectivity index (χ0) is 10.8. The minimum absolute atomic E-state index is 0.268. The van der Waals surface area contributed by atoms with E-state index in [1.165, 1.54) is 23.2 Å². The smallest absolute Gasteiger partial charge is 0.0841 e. The molecule has 0 saturated carbocycles. The van der Waals surface area contributed by atoms with Gasteiger partial charge in [-0.15, -0.1) is 0 Å². The summed E-state index contributed by atoms with van der Waals surface area (Å²) in [5.41, 5.74) is 3.98. The molecule has 1 aliphatic rings.